The molecule has 0 amide bonds. The minimum atomic E-state index is -3.45. The van der Waals surface area contributed by atoms with Crippen LogP contribution in [0.25, 0.3) is 0 Å². The van der Waals surface area contributed by atoms with Gasteiger partial charge >= 0.3 is 0 Å². The second-order valence-corrected chi connectivity index (χ2v) is 7.41. The zero-order valence-electron chi connectivity index (χ0n) is 11.0. The first-order valence-electron chi connectivity index (χ1n) is 6.35. The number of oxime groups is 1. The van der Waals surface area contributed by atoms with Crippen LogP contribution in [0.1, 0.15) is 52.4 Å². The summed E-state index contributed by atoms with van der Waals surface area (Å²) in [5.41, 5.74) is 4.81. The smallest absolute Gasteiger partial charge is 0.214 e. The van der Waals surface area contributed by atoms with E-state index in [1.165, 1.54) is 0 Å². The molecular formula is C11H23N3O3S. The van der Waals surface area contributed by atoms with Crippen molar-refractivity contribution in [1.29, 1.82) is 0 Å². The highest BCUT2D eigenvalue weighted by molar-refractivity contribution is 7.90. The molecular weight excluding hydrogens is 254 g/mol. The van der Waals surface area contributed by atoms with Crippen molar-refractivity contribution < 1.29 is 13.6 Å². The second-order valence-electron chi connectivity index (χ2n) is 5.18. The van der Waals surface area contributed by atoms with E-state index in [4.69, 9.17) is 10.9 Å². The number of sulfonamides is 1. The Morgan fingerprint density at radius 1 is 1.28 bits per heavy atom. The van der Waals surface area contributed by atoms with Crippen LogP contribution < -0.4 is 10.5 Å². The first-order valence-corrected chi connectivity index (χ1v) is 7.89. The molecule has 0 aromatic heterocycles. The Labute approximate surface area is 109 Å². The Bertz CT molecular complexity index is 396. The largest absolute Gasteiger partial charge is 0.409 e. The molecule has 1 saturated carbocycles. The molecule has 1 aliphatic carbocycles. The number of rotatable bonds is 4. The van der Waals surface area contributed by atoms with Crippen LogP contribution in [0.4, 0.5) is 0 Å². The van der Waals surface area contributed by atoms with Crippen molar-refractivity contribution in [2.24, 2.45) is 10.9 Å². The van der Waals surface area contributed by atoms with Crippen LogP contribution in [-0.4, -0.2) is 30.2 Å². The van der Waals surface area contributed by atoms with Gasteiger partial charge in [-0.3, -0.25) is 0 Å². The van der Waals surface area contributed by atoms with Crippen LogP contribution in [0.3, 0.4) is 0 Å². The molecule has 0 unspecified atom stereocenters. The zero-order valence-corrected chi connectivity index (χ0v) is 11.8. The predicted molar refractivity (Wildman–Crippen MR) is 71.0 cm³/mol. The summed E-state index contributed by atoms with van der Waals surface area (Å²) in [6.45, 7) is 3.22. The van der Waals surface area contributed by atoms with Gasteiger partial charge in [-0.1, -0.05) is 30.8 Å². The van der Waals surface area contributed by atoms with Crippen molar-refractivity contribution >= 4 is 15.9 Å². The fourth-order valence-corrected chi connectivity index (χ4v) is 3.32. The Morgan fingerprint density at radius 2 is 1.78 bits per heavy atom. The summed E-state index contributed by atoms with van der Waals surface area (Å²) in [6.07, 6.45) is 4.99. The number of amidine groups is 1. The highest BCUT2D eigenvalue weighted by Crippen LogP contribution is 2.28. The summed E-state index contributed by atoms with van der Waals surface area (Å²) in [4.78, 5) is 0. The Balaban J connectivity index is 3.05. The van der Waals surface area contributed by atoms with E-state index in [0.29, 0.717) is 12.8 Å². The quantitative estimate of drug-likeness (QED) is 0.236. The van der Waals surface area contributed by atoms with Gasteiger partial charge < -0.3 is 10.9 Å². The monoisotopic (exact) mass is 277 g/mol. The average molecular weight is 277 g/mol. The molecule has 0 aromatic rings. The molecule has 0 radical (unpaired) electrons. The number of nitrogens with two attached hydrogens (primary N) is 1. The maximum Gasteiger partial charge on any atom is 0.214 e. The number of hydrogen-bond acceptors (Lipinski definition) is 4. The normalized spacial score (nSPS) is 21.8. The molecule has 1 fully saturated rings. The lowest BCUT2D eigenvalue weighted by Crippen LogP contribution is -2.58. The first kappa shape index (κ1) is 15.2. The van der Waals surface area contributed by atoms with E-state index in [2.05, 4.69) is 9.88 Å². The molecule has 1 rings (SSSR count). The fourth-order valence-electron chi connectivity index (χ4n) is 2.23. The second kappa shape index (κ2) is 5.88. The molecule has 0 saturated heterocycles. The summed E-state index contributed by atoms with van der Waals surface area (Å²) >= 11 is 0. The summed E-state index contributed by atoms with van der Waals surface area (Å²) in [7, 11) is -3.45. The fraction of sp³-hybridized carbons (Fsp3) is 0.909. The van der Waals surface area contributed by atoms with Crippen molar-refractivity contribution in [2.45, 2.75) is 63.2 Å². The minimum absolute atomic E-state index is 0.0337. The van der Waals surface area contributed by atoms with Gasteiger partial charge in [0.1, 0.15) is 0 Å². The van der Waals surface area contributed by atoms with Gasteiger partial charge in [0, 0.05) is 0 Å². The average Bonchev–Trinajstić information content (AvgIpc) is 2.53. The van der Waals surface area contributed by atoms with E-state index >= 15 is 0 Å². The van der Waals surface area contributed by atoms with Gasteiger partial charge in [0.25, 0.3) is 0 Å². The third kappa shape index (κ3) is 3.35. The molecule has 0 atom stereocenters. The molecule has 0 aromatic carbocycles. The molecule has 7 heteroatoms. The zero-order chi connectivity index (χ0) is 13.8. The van der Waals surface area contributed by atoms with E-state index < -0.39 is 20.8 Å². The van der Waals surface area contributed by atoms with Crippen molar-refractivity contribution in [3.63, 3.8) is 0 Å². The highest BCUT2D eigenvalue weighted by atomic mass is 32.2. The van der Waals surface area contributed by atoms with Gasteiger partial charge in [-0.2, -0.15) is 0 Å². The van der Waals surface area contributed by atoms with Crippen molar-refractivity contribution in [2.75, 3.05) is 0 Å². The summed E-state index contributed by atoms with van der Waals surface area (Å²) in [5.74, 6) is -0.0337. The highest BCUT2D eigenvalue weighted by Gasteiger charge is 2.40. The maximum absolute atomic E-state index is 12.0. The van der Waals surface area contributed by atoms with Gasteiger partial charge in [-0.05, 0) is 26.7 Å². The molecule has 1 aliphatic rings. The third-order valence-electron chi connectivity index (χ3n) is 3.51. The third-order valence-corrected chi connectivity index (χ3v) is 5.43. The lowest BCUT2D eigenvalue weighted by atomic mass is 9.90. The standard InChI is InChI=1S/C11H23N3O3S/c1-9(2)18(16,17)14-11(10(12)13-15)7-5-3-4-6-8-11/h9,14-15H,3-8H2,1-2H3,(H2,12,13). The van der Waals surface area contributed by atoms with Crippen LogP contribution in [-0.2, 0) is 10.0 Å². The number of nitrogens with zero attached hydrogens (tertiary/aromatic N) is 1. The van der Waals surface area contributed by atoms with Gasteiger partial charge in [0.05, 0.1) is 10.8 Å². The SMILES string of the molecule is CC(C)S(=O)(=O)NC1(/C(N)=N/O)CCCCCC1. The van der Waals surface area contributed by atoms with E-state index in [1.807, 2.05) is 0 Å². The topological polar surface area (TPSA) is 105 Å². The van der Waals surface area contributed by atoms with Gasteiger partial charge in [0.15, 0.2) is 5.84 Å². The molecule has 4 N–H and O–H groups in total. The lowest BCUT2D eigenvalue weighted by Gasteiger charge is -2.32. The first-order chi connectivity index (χ1) is 8.34. The van der Waals surface area contributed by atoms with Crippen LogP contribution in [0, 0.1) is 0 Å². The summed E-state index contributed by atoms with van der Waals surface area (Å²) < 4.78 is 26.7. The molecule has 0 spiro atoms. The molecule has 0 bridgehead atoms. The van der Waals surface area contributed by atoms with Gasteiger partial charge in [-0.25, -0.2) is 13.1 Å². The van der Waals surface area contributed by atoms with Crippen LogP contribution in [0.5, 0.6) is 0 Å². The molecule has 18 heavy (non-hydrogen) atoms. The molecule has 6 nitrogen and oxygen atoms in total. The lowest BCUT2D eigenvalue weighted by molar-refractivity contribution is 0.306. The summed E-state index contributed by atoms with van der Waals surface area (Å²) in [6, 6.07) is 0. The van der Waals surface area contributed by atoms with Crippen LogP contribution >= 0.6 is 0 Å². The predicted octanol–water partition coefficient (Wildman–Crippen LogP) is 1.15. The van der Waals surface area contributed by atoms with Crippen LogP contribution in [0.2, 0.25) is 0 Å². The Kier molecular flexibility index (Phi) is 4.98. The Hall–Kier alpha value is -0.820. The van der Waals surface area contributed by atoms with Crippen molar-refractivity contribution in [1.82, 2.24) is 4.72 Å². The van der Waals surface area contributed by atoms with E-state index in [-0.39, 0.29) is 5.84 Å². The van der Waals surface area contributed by atoms with Crippen molar-refractivity contribution in [3.05, 3.63) is 0 Å². The molecule has 106 valence electrons. The van der Waals surface area contributed by atoms with Crippen LogP contribution in [0.15, 0.2) is 5.16 Å². The Morgan fingerprint density at radius 3 is 2.17 bits per heavy atom. The van der Waals surface area contributed by atoms with Crippen molar-refractivity contribution in [3.8, 4) is 0 Å². The minimum Gasteiger partial charge on any atom is -0.409 e. The number of hydrogen-bond donors (Lipinski definition) is 3. The summed E-state index contributed by atoms with van der Waals surface area (Å²) in [5, 5.41) is 11.4. The maximum atomic E-state index is 12.0. The van der Waals surface area contributed by atoms with Gasteiger partial charge in [-0.15, -0.1) is 0 Å². The van der Waals surface area contributed by atoms with Gasteiger partial charge in [0.2, 0.25) is 10.0 Å². The molecule has 0 aliphatic heterocycles. The van der Waals surface area contributed by atoms with E-state index in [9.17, 15) is 8.42 Å². The van der Waals surface area contributed by atoms with E-state index in [1.54, 1.807) is 13.8 Å². The number of nitrogens with one attached hydrogen (secondary N) is 1. The molecule has 0 heterocycles. The van der Waals surface area contributed by atoms with E-state index in [0.717, 1.165) is 25.7 Å².